The van der Waals surface area contributed by atoms with Crippen molar-refractivity contribution in [1.29, 1.82) is 0 Å². The molecule has 1 heterocycles. The van der Waals surface area contributed by atoms with Gasteiger partial charge >= 0.3 is 12.1 Å². The third-order valence-corrected chi connectivity index (χ3v) is 5.64. The summed E-state index contributed by atoms with van der Waals surface area (Å²) in [6, 6.07) is 5.36. The summed E-state index contributed by atoms with van der Waals surface area (Å²) in [6.07, 6.45) is -3.70. The summed E-state index contributed by atoms with van der Waals surface area (Å²) in [4.78, 5) is 26.9. The number of carbonyl (C=O) groups excluding carboxylic acids is 1. The van der Waals surface area contributed by atoms with Crippen molar-refractivity contribution in [2.24, 2.45) is 7.05 Å². The average Bonchev–Trinajstić information content (AvgIpc) is 3.12. The Morgan fingerprint density at radius 1 is 1.29 bits per heavy atom. The van der Waals surface area contributed by atoms with Crippen LogP contribution in [0.5, 0.6) is 0 Å². The molecule has 34 heavy (non-hydrogen) atoms. The number of aromatic nitrogens is 1. The fraction of sp³-hybridized carbons (Fsp3) is 0.360. The number of allylic oxidation sites excluding steroid dienone is 1. The minimum Gasteiger partial charge on any atom is -0.462 e. The zero-order valence-corrected chi connectivity index (χ0v) is 19.5. The number of nitrogens with zero attached hydrogens (tertiary/aromatic N) is 2. The summed E-state index contributed by atoms with van der Waals surface area (Å²) in [5.74, 6) is 3.73. The highest BCUT2D eigenvalue weighted by Crippen LogP contribution is 2.40. The average molecular weight is 474 g/mol. The van der Waals surface area contributed by atoms with Crippen molar-refractivity contribution in [3.63, 3.8) is 0 Å². The summed E-state index contributed by atoms with van der Waals surface area (Å²) in [5.41, 5.74) is -2.77. The Morgan fingerprint density at radius 2 is 1.97 bits per heavy atom. The predicted molar refractivity (Wildman–Crippen MR) is 122 cm³/mol. The fourth-order valence-electron chi connectivity index (χ4n) is 3.86. The maximum absolute atomic E-state index is 14.1. The summed E-state index contributed by atoms with van der Waals surface area (Å²) < 4.78 is 48.6. The lowest BCUT2D eigenvalue weighted by Gasteiger charge is -2.27. The number of anilines is 1. The molecule has 1 unspecified atom stereocenters. The van der Waals surface area contributed by atoms with Gasteiger partial charge in [-0.05, 0) is 31.9 Å². The number of carbonyl (C=O) groups is 1. The van der Waals surface area contributed by atoms with Gasteiger partial charge in [0, 0.05) is 61.7 Å². The van der Waals surface area contributed by atoms with E-state index in [9.17, 15) is 27.9 Å². The highest BCUT2D eigenvalue weighted by molar-refractivity contribution is 6.19. The minimum absolute atomic E-state index is 0.0171. The molecule has 0 saturated heterocycles. The molecule has 1 aromatic heterocycles. The second-order valence-electron chi connectivity index (χ2n) is 8.27. The lowest BCUT2D eigenvalue weighted by Crippen LogP contribution is -2.41. The molecule has 1 aliphatic carbocycles. The molecular formula is C25H25F3N2O4. The van der Waals surface area contributed by atoms with Gasteiger partial charge in [-0.1, -0.05) is 23.6 Å². The van der Waals surface area contributed by atoms with Crippen LogP contribution in [0.1, 0.15) is 36.1 Å². The van der Waals surface area contributed by atoms with Crippen molar-refractivity contribution in [1.82, 2.24) is 4.57 Å². The Hall–Kier alpha value is -3.51. The van der Waals surface area contributed by atoms with Gasteiger partial charge in [0.1, 0.15) is 0 Å². The van der Waals surface area contributed by atoms with Gasteiger partial charge < -0.3 is 19.3 Å². The second kappa shape index (κ2) is 9.03. The topological polar surface area (TPSA) is 71.8 Å². The molecule has 9 heteroatoms. The lowest BCUT2D eigenvalue weighted by atomic mass is 9.92. The first-order chi connectivity index (χ1) is 15.8. The molecular weight excluding hydrogens is 449 g/mol. The number of pyridine rings is 1. The third kappa shape index (κ3) is 4.33. The molecule has 2 aromatic rings. The van der Waals surface area contributed by atoms with Crippen LogP contribution < -0.4 is 10.5 Å². The van der Waals surface area contributed by atoms with Crippen LogP contribution in [-0.4, -0.2) is 42.5 Å². The molecule has 0 aliphatic heterocycles. The van der Waals surface area contributed by atoms with Gasteiger partial charge in [0.05, 0.1) is 12.2 Å². The second-order valence-corrected chi connectivity index (χ2v) is 8.27. The molecule has 0 spiro atoms. The van der Waals surface area contributed by atoms with Gasteiger partial charge in [-0.3, -0.25) is 4.79 Å². The quantitative estimate of drug-likeness (QED) is 0.545. The summed E-state index contributed by atoms with van der Waals surface area (Å²) in [7, 11) is 4.77. The lowest BCUT2D eigenvalue weighted by molar-refractivity contribution is -0.240. The van der Waals surface area contributed by atoms with Gasteiger partial charge in [0.2, 0.25) is 5.60 Å². The first kappa shape index (κ1) is 25.1. The molecule has 3 rings (SSSR count). The number of ether oxygens (including phenoxy) is 1. The van der Waals surface area contributed by atoms with Crippen LogP contribution in [0.2, 0.25) is 0 Å². The van der Waals surface area contributed by atoms with E-state index in [-0.39, 0.29) is 40.9 Å². The van der Waals surface area contributed by atoms with Gasteiger partial charge in [-0.15, -0.1) is 0 Å². The predicted octanol–water partition coefficient (Wildman–Crippen LogP) is 3.15. The largest absolute Gasteiger partial charge is 0.462 e. The number of alkyl halides is 3. The zero-order chi connectivity index (χ0) is 25.4. The molecule has 1 atom stereocenters. The molecule has 0 amide bonds. The first-order valence-electron chi connectivity index (χ1n) is 10.5. The Kier molecular flexibility index (Phi) is 6.67. The van der Waals surface area contributed by atoms with Crippen LogP contribution >= 0.6 is 0 Å². The van der Waals surface area contributed by atoms with E-state index in [1.807, 2.05) is 5.92 Å². The number of aryl methyl sites for hydroxylation is 1. The van der Waals surface area contributed by atoms with E-state index < -0.39 is 23.3 Å². The standard InChI is InChI=1S/C25H25F3N2O4/c1-6-34-23(32)20-15(2)12-19-21(20)16(14-30(5)22(19)31)10-11-24(33,25(26,27)28)17-8-7-9-18(13-17)29(3)4/h7-9,13-14,33H,6,12H2,1-5H3. The van der Waals surface area contributed by atoms with Crippen molar-refractivity contribution in [2.75, 3.05) is 25.6 Å². The summed E-state index contributed by atoms with van der Waals surface area (Å²) in [5, 5.41) is 10.8. The monoisotopic (exact) mass is 474 g/mol. The van der Waals surface area contributed by atoms with Gasteiger partial charge in [-0.2, -0.15) is 13.2 Å². The number of hydrogen-bond donors (Lipinski definition) is 1. The molecule has 0 saturated carbocycles. The summed E-state index contributed by atoms with van der Waals surface area (Å²) in [6.45, 7) is 3.37. The number of esters is 1. The van der Waals surface area contributed by atoms with Crippen molar-refractivity contribution in [3.05, 3.63) is 68.6 Å². The molecule has 1 aliphatic rings. The number of rotatable bonds is 4. The maximum atomic E-state index is 14.1. The Balaban J connectivity index is 2.25. The van der Waals surface area contributed by atoms with E-state index in [1.165, 1.54) is 29.9 Å². The van der Waals surface area contributed by atoms with Crippen LogP contribution in [0.4, 0.5) is 18.9 Å². The van der Waals surface area contributed by atoms with Crippen LogP contribution in [-0.2, 0) is 28.6 Å². The number of aliphatic hydroxyl groups is 1. The van der Waals surface area contributed by atoms with E-state index in [1.54, 1.807) is 38.9 Å². The number of hydrogen-bond acceptors (Lipinski definition) is 5. The first-order valence-corrected chi connectivity index (χ1v) is 10.5. The van der Waals surface area contributed by atoms with Crippen molar-refractivity contribution in [3.8, 4) is 11.8 Å². The molecule has 1 aromatic carbocycles. The van der Waals surface area contributed by atoms with Crippen molar-refractivity contribution >= 4 is 17.2 Å². The van der Waals surface area contributed by atoms with Crippen molar-refractivity contribution < 1.29 is 27.8 Å². The van der Waals surface area contributed by atoms with Crippen LogP contribution in [0.15, 0.2) is 40.8 Å². The Morgan fingerprint density at radius 3 is 2.56 bits per heavy atom. The summed E-state index contributed by atoms with van der Waals surface area (Å²) >= 11 is 0. The fourth-order valence-corrected chi connectivity index (χ4v) is 3.86. The molecule has 0 radical (unpaired) electrons. The number of fused-ring (bicyclic) bond motifs is 1. The van der Waals surface area contributed by atoms with Crippen LogP contribution in [0.25, 0.3) is 5.57 Å². The van der Waals surface area contributed by atoms with E-state index in [2.05, 4.69) is 5.92 Å². The van der Waals surface area contributed by atoms with Gasteiger partial charge in [0.15, 0.2) is 0 Å². The van der Waals surface area contributed by atoms with Crippen LogP contribution in [0.3, 0.4) is 0 Å². The molecule has 180 valence electrons. The highest BCUT2D eigenvalue weighted by Gasteiger charge is 2.54. The Bertz CT molecular complexity index is 1300. The molecule has 0 bridgehead atoms. The SMILES string of the molecule is CCOC(=O)C1=C(C)Cc2c1c(C#CC(O)(c1cccc(N(C)C)c1)C(F)(F)F)cn(C)c2=O. The van der Waals surface area contributed by atoms with Gasteiger partial charge in [0.25, 0.3) is 5.56 Å². The third-order valence-electron chi connectivity index (χ3n) is 5.64. The van der Waals surface area contributed by atoms with E-state index in [0.717, 1.165) is 6.07 Å². The van der Waals surface area contributed by atoms with Gasteiger partial charge in [-0.25, -0.2) is 4.79 Å². The highest BCUT2D eigenvalue weighted by atomic mass is 19.4. The number of halogens is 3. The van der Waals surface area contributed by atoms with E-state index in [4.69, 9.17) is 4.74 Å². The minimum atomic E-state index is -5.12. The van der Waals surface area contributed by atoms with E-state index in [0.29, 0.717) is 11.3 Å². The zero-order valence-electron chi connectivity index (χ0n) is 19.5. The number of benzene rings is 1. The normalized spacial score (nSPS) is 14.7. The molecule has 0 fully saturated rings. The Labute approximate surface area is 195 Å². The molecule has 1 N–H and O–H groups in total. The maximum Gasteiger partial charge on any atom is 0.433 e. The van der Waals surface area contributed by atoms with Crippen LogP contribution in [0, 0.1) is 11.8 Å². The smallest absolute Gasteiger partial charge is 0.433 e. The molecule has 6 nitrogen and oxygen atoms in total. The van der Waals surface area contributed by atoms with E-state index >= 15 is 0 Å². The van der Waals surface area contributed by atoms with Crippen molar-refractivity contribution in [2.45, 2.75) is 32.0 Å².